The van der Waals surface area contributed by atoms with E-state index >= 15 is 0 Å². The Balaban J connectivity index is -0.000000245. The fourth-order valence-corrected chi connectivity index (χ4v) is 0.202. The van der Waals surface area contributed by atoms with Gasteiger partial charge in [0.25, 0.3) is 0 Å². The molecule has 0 fully saturated rings. The van der Waals surface area contributed by atoms with Crippen molar-refractivity contribution >= 4 is 5.97 Å². The van der Waals surface area contributed by atoms with E-state index in [1.807, 2.05) is 0 Å². The van der Waals surface area contributed by atoms with Gasteiger partial charge in [-0.05, 0) is 0 Å². The van der Waals surface area contributed by atoms with E-state index in [2.05, 4.69) is 16.9 Å². The quantitative estimate of drug-likeness (QED) is 0.201. The van der Waals surface area contributed by atoms with Gasteiger partial charge in [-0.15, -0.1) is 12.1 Å². The van der Waals surface area contributed by atoms with E-state index in [4.69, 9.17) is 0 Å². The van der Waals surface area contributed by atoms with E-state index in [0.29, 0.717) is 6.54 Å². The first-order valence-electron chi connectivity index (χ1n) is 2.28. The molecule has 0 saturated heterocycles. The molecule has 0 aromatic heterocycles. The van der Waals surface area contributed by atoms with Gasteiger partial charge in [0.2, 0.25) is 0 Å². The number of rotatable bonds is 3. The van der Waals surface area contributed by atoms with Gasteiger partial charge in [0, 0.05) is 13.5 Å². The monoisotopic (exact) mass is 139 g/mol. The molecule has 1 N–H and O–H groups in total. The maximum Gasteiger partial charge on any atom is 1.00 e. The molecule has 4 heteroatoms. The summed E-state index contributed by atoms with van der Waals surface area (Å²) in [6, 6.07) is 0. The average Bonchev–Trinajstić information content (AvgIpc) is 1.66. The van der Waals surface area contributed by atoms with Crippen molar-refractivity contribution < 1.29 is 40.6 Å². The fourth-order valence-electron chi connectivity index (χ4n) is 0.202. The van der Waals surface area contributed by atoms with Crippen molar-refractivity contribution in [3.05, 3.63) is 12.7 Å². The van der Waals surface area contributed by atoms with Crippen molar-refractivity contribution in [3.8, 4) is 0 Å². The molecular weight excluding hydrogens is 129 g/mol. The third kappa shape index (κ3) is 11.6. The maximum atomic E-state index is 10.00. The molecule has 0 atom stereocenters. The zero-order valence-corrected chi connectivity index (χ0v) is 7.81. The molecule has 0 aromatic carbocycles. The maximum absolute atomic E-state index is 10.00. The van der Waals surface area contributed by atoms with Crippen LogP contribution in [0.4, 0.5) is 0 Å². The summed E-state index contributed by atoms with van der Waals surface area (Å²) in [6.45, 7) is 5.22. The van der Waals surface area contributed by atoms with Crippen LogP contribution in [-0.2, 0) is 9.63 Å². The summed E-state index contributed by atoms with van der Waals surface area (Å²) in [5.41, 5.74) is 2.37. The van der Waals surface area contributed by atoms with Gasteiger partial charge in [-0.2, -0.15) is 0 Å². The van der Waals surface area contributed by atoms with E-state index in [1.165, 1.54) is 6.92 Å². The van der Waals surface area contributed by atoms with Crippen LogP contribution in [-0.4, -0.2) is 12.5 Å². The summed E-state index contributed by atoms with van der Waals surface area (Å²) in [5, 5.41) is 0. The second kappa shape index (κ2) is 8.17. The summed E-state index contributed by atoms with van der Waals surface area (Å²) in [6.07, 6.45) is 1.60. The predicted octanol–water partition coefficient (Wildman–Crippen LogP) is -2.64. The minimum absolute atomic E-state index is 0. The number of carbonyl (C=O) groups is 1. The van der Waals surface area contributed by atoms with Gasteiger partial charge in [-0.25, -0.2) is 0 Å². The number of hydroxylamine groups is 1. The van der Waals surface area contributed by atoms with Crippen LogP contribution in [0.5, 0.6) is 0 Å². The smallest absolute Gasteiger partial charge is 1.00 e. The molecule has 0 rings (SSSR count). The second-order valence-electron chi connectivity index (χ2n) is 1.23. The van der Waals surface area contributed by atoms with Gasteiger partial charge in [0.05, 0.1) is 0 Å². The Morgan fingerprint density at radius 1 is 2.00 bits per heavy atom. The molecule has 0 heterocycles. The molecule has 0 unspecified atom stereocenters. The predicted molar refractivity (Wildman–Crippen MR) is 31.1 cm³/mol. The van der Waals surface area contributed by atoms with Crippen LogP contribution in [0, 0.1) is 0 Å². The first-order valence-corrected chi connectivity index (χ1v) is 2.28. The molecular formula is C5H10NNaO2. The van der Waals surface area contributed by atoms with Gasteiger partial charge < -0.3 is 6.26 Å². The van der Waals surface area contributed by atoms with Crippen LogP contribution < -0.4 is 35.0 Å². The van der Waals surface area contributed by atoms with Crippen LogP contribution in [0.15, 0.2) is 12.7 Å². The van der Waals surface area contributed by atoms with Crippen LogP contribution in [0.2, 0.25) is 0 Å². The van der Waals surface area contributed by atoms with Crippen molar-refractivity contribution in [2.75, 3.05) is 6.54 Å². The topological polar surface area (TPSA) is 38.3 Å². The number of hydrogen-bond donors (Lipinski definition) is 1. The van der Waals surface area contributed by atoms with E-state index in [0.717, 1.165) is 0 Å². The molecule has 48 valence electrons. The molecule has 0 aliphatic carbocycles. The third-order valence-electron chi connectivity index (χ3n) is 0.444. The summed E-state index contributed by atoms with van der Waals surface area (Å²) in [4.78, 5) is 14.3. The molecule has 0 aromatic rings. The van der Waals surface area contributed by atoms with Gasteiger partial charge in [-0.3, -0.25) is 4.79 Å². The Morgan fingerprint density at radius 3 is 2.89 bits per heavy atom. The minimum atomic E-state index is -0.341. The summed E-state index contributed by atoms with van der Waals surface area (Å²) >= 11 is 0. The number of carbonyl (C=O) groups excluding carboxylic acids is 1. The largest absolute Gasteiger partial charge is 1.00 e. The molecule has 0 aliphatic rings. The SMILES string of the molecule is C=CCNOC(C)=O.[H-].[Na+]. The molecule has 0 aliphatic heterocycles. The average molecular weight is 139 g/mol. The standard InChI is InChI=1S/C5H9NO2.Na.H/c1-3-4-6-8-5(2)7;;/h3,6H,1,4H2,2H3;;/q;+1;-1. The summed E-state index contributed by atoms with van der Waals surface area (Å²) < 4.78 is 0. The molecule has 0 saturated carbocycles. The molecule has 3 nitrogen and oxygen atoms in total. The molecule has 9 heavy (non-hydrogen) atoms. The van der Waals surface area contributed by atoms with E-state index < -0.39 is 0 Å². The normalized spacial score (nSPS) is 7.22. The zero-order chi connectivity index (χ0) is 6.41. The van der Waals surface area contributed by atoms with E-state index in [-0.39, 0.29) is 37.0 Å². The van der Waals surface area contributed by atoms with Crippen molar-refractivity contribution in [1.82, 2.24) is 5.48 Å². The van der Waals surface area contributed by atoms with Crippen LogP contribution in [0.25, 0.3) is 0 Å². The Kier molecular flexibility index (Phi) is 10.8. The molecule has 0 radical (unpaired) electrons. The van der Waals surface area contributed by atoms with Gasteiger partial charge >= 0.3 is 35.5 Å². The Labute approximate surface area is 78.2 Å². The Bertz CT molecular complexity index is 99.6. The minimum Gasteiger partial charge on any atom is -1.00 e. The summed E-state index contributed by atoms with van der Waals surface area (Å²) in [7, 11) is 0. The van der Waals surface area contributed by atoms with Gasteiger partial charge in [-0.1, -0.05) is 6.08 Å². The summed E-state index contributed by atoms with van der Waals surface area (Å²) in [5.74, 6) is -0.341. The van der Waals surface area contributed by atoms with Crippen LogP contribution in [0.3, 0.4) is 0 Å². The van der Waals surface area contributed by atoms with Crippen molar-refractivity contribution in [2.24, 2.45) is 0 Å². The first-order chi connectivity index (χ1) is 3.77. The second-order valence-corrected chi connectivity index (χ2v) is 1.23. The van der Waals surface area contributed by atoms with Crippen molar-refractivity contribution in [3.63, 3.8) is 0 Å². The molecule has 0 amide bonds. The fraction of sp³-hybridized carbons (Fsp3) is 0.400. The molecule has 0 bridgehead atoms. The first kappa shape index (κ1) is 11.9. The van der Waals surface area contributed by atoms with Crippen molar-refractivity contribution in [1.29, 1.82) is 0 Å². The van der Waals surface area contributed by atoms with Gasteiger partial charge in [0.1, 0.15) is 0 Å². The third-order valence-corrected chi connectivity index (χ3v) is 0.444. The molecule has 0 spiro atoms. The van der Waals surface area contributed by atoms with Crippen LogP contribution in [0.1, 0.15) is 8.35 Å². The Hall–Kier alpha value is 0.170. The Morgan fingerprint density at radius 2 is 2.56 bits per heavy atom. The number of nitrogens with one attached hydrogen (secondary N) is 1. The van der Waals surface area contributed by atoms with E-state index in [9.17, 15) is 4.79 Å². The van der Waals surface area contributed by atoms with Gasteiger partial charge in [0.15, 0.2) is 0 Å². The van der Waals surface area contributed by atoms with Crippen molar-refractivity contribution in [2.45, 2.75) is 6.92 Å². The van der Waals surface area contributed by atoms with Crippen LogP contribution >= 0.6 is 0 Å². The number of hydrogen-bond acceptors (Lipinski definition) is 3. The van der Waals surface area contributed by atoms with E-state index in [1.54, 1.807) is 6.08 Å². The zero-order valence-electron chi connectivity index (χ0n) is 6.81.